The maximum atomic E-state index is 12.5. The van der Waals surface area contributed by atoms with Crippen molar-refractivity contribution in [3.8, 4) is 16.9 Å². The highest BCUT2D eigenvalue weighted by Crippen LogP contribution is 2.33. The number of nitrogens with zero attached hydrogens (tertiary/aromatic N) is 1. The minimum atomic E-state index is -0.487. The molecule has 0 unspecified atom stereocenters. The van der Waals surface area contributed by atoms with Crippen LogP contribution in [0.5, 0.6) is 0 Å². The van der Waals surface area contributed by atoms with Gasteiger partial charge in [-0.05, 0) is 42.7 Å². The summed E-state index contributed by atoms with van der Waals surface area (Å²) in [6.07, 6.45) is 1.71. The Balaban J connectivity index is 2.34. The molecule has 0 aliphatic heterocycles. The van der Waals surface area contributed by atoms with Crippen molar-refractivity contribution in [1.29, 1.82) is 0 Å². The zero-order chi connectivity index (χ0) is 20.3. The number of methoxy groups -OCH3 is 2. The van der Waals surface area contributed by atoms with Crippen molar-refractivity contribution in [2.75, 3.05) is 14.2 Å². The number of ether oxygens (including phenoxy) is 2. The van der Waals surface area contributed by atoms with Gasteiger partial charge in [-0.3, -0.25) is 4.79 Å². The first-order valence-corrected chi connectivity index (χ1v) is 8.98. The zero-order valence-corrected chi connectivity index (χ0v) is 16.5. The summed E-state index contributed by atoms with van der Waals surface area (Å²) in [5, 5.41) is 0. The van der Waals surface area contributed by atoms with Crippen molar-refractivity contribution >= 4 is 11.9 Å². The van der Waals surface area contributed by atoms with Crippen molar-refractivity contribution in [2.45, 2.75) is 20.3 Å². The summed E-state index contributed by atoms with van der Waals surface area (Å²) >= 11 is 0. The SMILES string of the molecule is COC(=O)Cc1c(C(=O)OC)cn(-c2cc(C)cc(C)c2)c1-c1ccccc1. The summed E-state index contributed by atoms with van der Waals surface area (Å²) in [6, 6.07) is 15.9. The third kappa shape index (κ3) is 3.83. The summed E-state index contributed by atoms with van der Waals surface area (Å²) in [7, 11) is 2.67. The largest absolute Gasteiger partial charge is 0.469 e. The van der Waals surface area contributed by atoms with Crippen molar-refractivity contribution in [3.63, 3.8) is 0 Å². The van der Waals surface area contributed by atoms with Crippen LogP contribution in [0.4, 0.5) is 0 Å². The number of esters is 2. The van der Waals surface area contributed by atoms with Gasteiger partial charge in [-0.2, -0.15) is 0 Å². The monoisotopic (exact) mass is 377 g/mol. The predicted molar refractivity (Wildman–Crippen MR) is 108 cm³/mol. The zero-order valence-electron chi connectivity index (χ0n) is 16.5. The van der Waals surface area contributed by atoms with Crippen LogP contribution in [0.3, 0.4) is 0 Å². The van der Waals surface area contributed by atoms with E-state index in [0.29, 0.717) is 11.1 Å². The van der Waals surface area contributed by atoms with E-state index >= 15 is 0 Å². The first kappa shape index (κ1) is 19.4. The number of carbonyl (C=O) groups is 2. The molecule has 0 saturated carbocycles. The van der Waals surface area contributed by atoms with Gasteiger partial charge in [0.25, 0.3) is 0 Å². The molecule has 0 aliphatic carbocycles. The molecule has 1 heterocycles. The smallest absolute Gasteiger partial charge is 0.339 e. The number of rotatable bonds is 5. The van der Waals surface area contributed by atoms with Gasteiger partial charge in [0.2, 0.25) is 0 Å². The van der Waals surface area contributed by atoms with E-state index in [1.165, 1.54) is 14.2 Å². The number of benzene rings is 2. The Morgan fingerprint density at radius 1 is 0.929 bits per heavy atom. The highest BCUT2D eigenvalue weighted by atomic mass is 16.5. The van der Waals surface area contributed by atoms with E-state index in [0.717, 1.165) is 28.1 Å². The number of hydrogen-bond donors (Lipinski definition) is 0. The lowest BCUT2D eigenvalue weighted by Gasteiger charge is -2.13. The van der Waals surface area contributed by atoms with E-state index in [2.05, 4.69) is 6.07 Å². The summed E-state index contributed by atoms with van der Waals surface area (Å²) < 4.78 is 11.8. The number of aromatic nitrogens is 1. The van der Waals surface area contributed by atoms with E-state index in [1.807, 2.05) is 60.9 Å². The van der Waals surface area contributed by atoms with Gasteiger partial charge >= 0.3 is 11.9 Å². The van der Waals surface area contributed by atoms with Crippen LogP contribution in [-0.4, -0.2) is 30.7 Å². The van der Waals surface area contributed by atoms with Gasteiger partial charge in [-0.15, -0.1) is 0 Å². The molecule has 0 aliphatic rings. The Morgan fingerprint density at radius 2 is 1.57 bits per heavy atom. The number of hydrogen-bond acceptors (Lipinski definition) is 4. The molecule has 0 radical (unpaired) electrons. The standard InChI is InChI=1S/C23H23NO4/c1-15-10-16(2)12-18(11-15)24-14-20(23(26)28-4)19(13-21(25)27-3)22(24)17-8-6-5-7-9-17/h5-12,14H,13H2,1-4H3. The van der Waals surface area contributed by atoms with Gasteiger partial charge in [0.15, 0.2) is 0 Å². The van der Waals surface area contributed by atoms with Crippen LogP contribution in [0.25, 0.3) is 16.9 Å². The highest BCUT2D eigenvalue weighted by Gasteiger charge is 2.25. The predicted octanol–water partition coefficient (Wildman–Crippen LogP) is 4.26. The quantitative estimate of drug-likeness (QED) is 0.623. The maximum Gasteiger partial charge on any atom is 0.339 e. The van der Waals surface area contributed by atoms with Gasteiger partial charge in [0.1, 0.15) is 0 Å². The minimum absolute atomic E-state index is 0.0248. The molecule has 144 valence electrons. The average Bonchev–Trinajstić information content (AvgIpc) is 3.06. The molecular weight excluding hydrogens is 354 g/mol. The third-order valence-corrected chi connectivity index (χ3v) is 4.60. The lowest BCUT2D eigenvalue weighted by Crippen LogP contribution is -2.10. The van der Waals surface area contributed by atoms with Crippen LogP contribution in [0.2, 0.25) is 0 Å². The van der Waals surface area contributed by atoms with Crippen molar-refractivity contribution in [3.05, 3.63) is 77.0 Å². The average molecular weight is 377 g/mol. The molecule has 5 nitrogen and oxygen atoms in total. The van der Waals surface area contributed by atoms with E-state index < -0.39 is 11.9 Å². The van der Waals surface area contributed by atoms with Crippen LogP contribution in [0, 0.1) is 13.8 Å². The Labute approximate surface area is 164 Å². The van der Waals surface area contributed by atoms with Crippen LogP contribution >= 0.6 is 0 Å². The summed E-state index contributed by atoms with van der Waals surface area (Å²) in [6.45, 7) is 4.05. The molecule has 0 spiro atoms. The molecule has 0 fully saturated rings. The Kier molecular flexibility index (Phi) is 5.64. The first-order valence-electron chi connectivity index (χ1n) is 8.98. The second-order valence-electron chi connectivity index (χ2n) is 6.70. The van der Waals surface area contributed by atoms with Gasteiger partial charge in [0.05, 0.1) is 31.9 Å². The number of aryl methyl sites for hydroxylation is 2. The van der Waals surface area contributed by atoms with Crippen LogP contribution in [-0.2, 0) is 20.7 Å². The van der Waals surface area contributed by atoms with E-state index in [-0.39, 0.29) is 6.42 Å². The normalized spacial score (nSPS) is 10.6. The fraction of sp³-hybridized carbons (Fsp3) is 0.217. The Morgan fingerprint density at radius 3 is 2.14 bits per heavy atom. The molecule has 2 aromatic carbocycles. The fourth-order valence-electron chi connectivity index (χ4n) is 3.43. The molecule has 0 saturated heterocycles. The second kappa shape index (κ2) is 8.13. The van der Waals surface area contributed by atoms with Crippen molar-refractivity contribution in [1.82, 2.24) is 4.57 Å². The summed E-state index contributed by atoms with van der Waals surface area (Å²) in [4.78, 5) is 24.6. The van der Waals surface area contributed by atoms with Gasteiger partial charge in [0, 0.05) is 17.4 Å². The van der Waals surface area contributed by atoms with Gasteiger partial charge in [-0.25, -0.2) is 4.79 Å². The number of carbonyl (C=O) groups excluding carboxylic acids is 2. The molecule has 0 N–H and O–H groups in total. The van der Waals surface area contributed by atoms with Crippen LogP contribution in [0.1, 0.15) is 27.0 Å². The summed E-state index contributed by atoms with van der Waals surface area (Å²) in [5.41, 5.74) is 5.74. The molecule has 3 aromatic rings. The molecule has 0 bridgehead atoms. The fourth-order valence-corrected chi connectivity index (χ4v) is 3.43. The van der Waals surface area contributed by atoms with Gasteiger partial charge < -0.3 is 14.0 Å². The molecule has 0 atom stereocenters. The summed E-state index contributed by atoms with van der Waals surface area (Å²) in [5.74, 6) is -0.903. The van der Waals surface area contributed by atoms with Gasteiger partial charge in [-0.1, -0.05) is 36.4 Å². The van der Waals surface area contributed by atoms with Crippen molar-refractivity contribution < 1.29 is 19.1 Å². The van der Waals surface area contributed by atoms with E-state index in [4.69, 9.17) is 9.47 Å². The lowest BCUT2D eigenvalue weighted by molar-refractivity contribution is -0.139. The highest BCUT2D eigenvalue weighted by molar-refractivity contribution is 5.96. The maximum absolute atomic E-state index is 12.5. The Hall–Kier alpha value is -3.34. The molecular formula is C23H23NO4. The molecule has 3 rings (SSSR count). The lowest BCUT2D eigenvalue weighted by atomic mass is 10.0. The minimum Gasteiger partial charge on any atom is -0.469 e. The van der Waals surface area contributed by atoms with Crippen LogP contribution in [0.15, 0.2) is 54.7 Å². The molecule has 5 heteroatoms. The Bertz CT molecular complexity index is 998. The molecule has 1 aromatic heterocycles. The van der Waals surface area contributed by atoms with Crippen molar-refractivity contribution in [2.24, 2.45) is 0 Å². The second-order valence-corrected chi connectivity index (χ2v) is 6.70. The third-order valence-electron chi connectivity index (χ3n) is 4.60. The first-order chi connectivity index (χ1) is 13.4. The topological polar surface area (TPSA) is 57.5 Å². The van der Waals surface area contributed by atoms with E-state index in [9.17, 15) is 9.59 Å². The molecule has 0 amide bonds. The van der Waals surface area contributed by atoms with E-state index in [1.54, 1.807) is 6.20 Å². The van der Waals surface area contributed by atoms with Crippen LogP contribution < -0.4 is 0 Å². The molecule has 28 heavy (non-hydrogen) atoms.